The highest BCUT2D eigenvalue weighted by molar-refractivity contribution is 5.47. The second-order valence-electron chi connectivity index (χ2n) is 3.47. The van der Waals surface area contributed by atoms with E-state index < -0.39 is 0 Å². The van der Waals surface area contributed by atoms with Crippen molar-refractivity contribution in [2.75, 3.05) is 12.0 Å². The minimum Gasteiger partial charge on any atom is -0.477 e. The Balaban J connectivity index is 2.71. The standard InChI is InChI=1S/C11H18N4O/c1-4-5-6-7-16-11-8(2)10(15-12)13-9(3)14-11/h4H,1,5-7,12H2,2-3H3,(H,13,14,15). The van der Waals surface area contributed by atoms with Crippen molar-refractivity contribution < 1.29 is 4.74 Å². The molecule has 0 unspecified atom stereocenters. The number of nitrogen functional groups attached to an aromatic ring is 1. The molecule has 5 nitrogen and oxygen atoms in total. The van der Waals surface area contributed by atoms with Crippen LogP contribution in [0.2, 0.25) is 0 Å². The largest absolute Gasteiger partial charge is 0.477 e. The van der Waals surface area contributed by atoms with Crippen molar-refractivity contribution in [3.8, 4) is 5.88 Å². The van der Waals surface area contributed by atoms with Gasteiger partial charge in [-0.15, -0.1) is 6.58 Å². The maximum Gasteiger partial charge on any atom is 0.221 e. The van der Waals surface area contributed by atoms with Gasteiger partial charge in [-0.2, -0.15) is 4.98 Å². The Morgan fingerprint density at radius 2 is 2.19 bits per heavy atom. The van der Waals surface area contributed by atoms with Gasteiger partial charge in [0.2, 0.25) is 5.88 Å². The van der Waals surface area contributed by atoms with Gasteiger partial charge >= 0.3 is 0 Å². The van der Waals surface area contributed by atoms with Gasteiger partial charge in [0.1, 0.15) is 11.6 Å². The number of hydrogen-bond acceptors (Lipinski definition) is 5. The quantitative estimate of drug-likeness (QED) is 0.332. The number of ether oxygens (including phenoxy) is 1. The summed E-state index contributed by atoms with van der Waals surface area (Å²) in [4.78, 5) is 8.38. The molecule has 16 heavy (non-hydrogen) atoms. The van der Waals surface area contributed by atoms with Crippen LogP contribution < -0.4 is 16.0 Å². The summed E-state index contributed by atoms with van der Waals surface area (Å²) in [7, 11) is 0. The fraction of sp³-hybridized carbons (Fsp3) is 0.455. The number of allylic oxidation sites excluding steroid dienone is 1. The van der Waals surface area contributed by atoms with E-state index >= 15 is 0 Å². The van der Waals surface area contributed by atoms with Gasteiger partial charge in [-0.3, -0.25) is 0 Å². The number of unbranched alkanes of at least 4 members (excludes halogenated alkanes) is 1. The molecule has 88 valence electrons. The average molecular weight is 222 g/mol. The van der Waals surface area contributed by atoms with Crippen LogP contribution in [-0.2, 0) is 0 Å². The van der Waals surface area contributed by atoms with Crippen LogP contribution >= 0.6 is 0 Å². The molecular weight excluding hydrogens is 204 g/mol. The van der Waals surface area contributed by atoms with Crippen LogP contribution in [0.5, 0.6) is 5.88 Å². The zero-order valence-corrected chi connectivity index (χ0v) is 9.79. The molecule has 0 amide bonds. The predicted octanol–water partition coefficient (Wildman–Crippen LogP) is 1.72. The number of aryl methyl sites for hydroxylation is 1. The number of aromatic nitrogens is 2. The van der Waals surface area contributed by atoms with E-state index in [2.05, 4.69) is 22.0 Å². The zero-order chi connectivity index (χ0) is 12.0. The lowest BCUT2D eigenvalue weighted by Crippen LogP contribution is -2.13. The van der Waals surface area contributed by atoms with Crippen molar-refractivity contribution in [1.82, 2.24) is 9.97 Å². The first-order valence-corrected chi connectivity index (χ1v) is 5.24. The number of hydrazine groups is 1. The molecule has 0 saturated heterocycles. The lowest BCUT2D eigenvalue weighted by Gasteiger charge is -2.11. The van der Waals surface area contributed by atoms with Crippen LogP contribution in [0.4, 0.5) is 5.82 Å². The topological polar surface area (TPSA) is 73.1 Å². The SMILES string of the molecule is C=CCCCOc1nc(C)nc(NN)c1C. The molecule has 0 aliphatic heterocycles. The van der Waals surface area contributed by atoms with Gasteiger partial charge in [-0.05, 0) is 26.7 Å². The molecule has 0 aliphatic carbocycles. The summed E-state index contributed by atoms with van der Waals surface area (Å²) in [6.45, 7) is 7.95. The van der Waals surface area contributed by atoms with E-state index in [0.29, 0.717) is 24.1 Å². The minimum atomic E-state index is 0.588. The van der Waals surface area contributed by atoms with Crippen molar-refractivity contribution in [2.45, 2.75) is 26.7 Å². The Kier molecular flexibility index (Phi) is 4.72. The zero-order valence-electron chi connectivity index (χ0n) is 9.79. The van der Waals surface area contributed by atoms with Crippen LogP contribution in [0.25, 0.3) is 0 Å². The van der Waals surface area contributed by atoms with Crippen LogP contribution in [0.1, 0.15) is 24.2 Å². The second kappa shape index (κ2) is 6.07. The van der Waals surface area contributed by atoms with E-state index in [1.165, 1.54) is 0 Å². The highest BCUT2D eigenvalue weighted by Crippen LogP contribution is 2.21. The van der Waals surface area contributed by atoms with Gasteiger partial charge in [-0.25, -0.2) is 10.8 Å². The second-order valence-corrected chi connectivity index (χ2v) is 3.47. The normalized spacial score (nSPS) is 9.94. The molecule has 3 N–H and O–H groups in total. The number of nitrogens with one attached hydrogen (secondary N) is 1. The number of nitrogens with zero attached hydrogens (tertiary/aromatic N) is 2. The number of anilines is 1. The molecule has 1 aromatic rings. The number of hydrogen-bond donors (Lipinski definition) is 2. The monoisotopic (exact) mass is 222 g/mol. The molecule has 0 spiro atoms. The highest BCUT2D eigenvalue weighted by Gasteiger charge is 2.08. The van der Waals surface area contributed by atoms with Crippen molar-refractivity contribution >= 4 is 5.82 Å². The van der Waals surface area contributed by atoms with Crippen LogP contribution in [0.3, 0.4) is 0 Å². The van der Waals surface area contributed by atoms with E-state index in [4.69, 9.17) is 10.6 Å². The van der Waals surface area contributed by atoms with Gasteiger partial charge in [0.25, 0.3) is 0 Å². The maximum atomic E-state index is 5.57. The highest BCUT2D eigenvalue weighted by atomic mass is 16.5. The van der Waals surface area contributed by atoms with E-state index in [1.54, 1.807) is 6.92 Å². The van der Waals surface area contributed by atoms with Gasteiger partial charge in [-0.1, -0.05) is 6.08 Å². The molecular formula is C11H18N4O. The van der Waals surface area contributed by atoms with Gasteiger partial charge < -0.3 is 10.2 Å². The Morgan fingerprint density at radius 1 is 1.44 bits per heavy atom. The molecule has 1 heterocycles. The van der Waals surface area contributed by atoms with Crippen LogP contribution in [-0.4, -0.2) is 16.6 Å². The minimum absolute atomic E-state index is 0.588. The Labute approximate surface area is 95.7 Å². The van der Waals surface area contributed by atoms with Gasteiger partial charge in [0.05, 0.1) is 12.2 Å². The van der Waals surface area contributed by atoms with Crippen LogP contribution in [0.15, 0.2) is 12.7 Å². The van der Waals surface area contributed by atoms with Crippen molar-refractivity contribution in [3.63, 3.8) is 0 Å². The van der Waals surface area contributed by atoms with E-state index in [1.807, 2.05) is 13.0 Å². The molecule has 5 heteroatoms. The van der Waals surface area contributed by atoms with Gasteiger partial charge in [0.15, 0.2) is 0 Å². The first-order valence-electron chi connectivity index (χ1n) is 5.24. The fourth-order valence-electron chi connectivity index (χ4n) is 1.28. The van der Waals surface area contributed by atoms with Crippen molar-refractivity contribution in [2.24, 2.45) is 5.84 Å². The molecule has 0 saturated carbocycles. The number of rotatable bonds is 6. The summed E-state index contributed by atoms with van der Waals surface area (Å²) in [5.41, 5.74) is 3.36. The maximum absolute atomic E-state index is 5.57. The van der Waals surface area contributed by atoms with Gasteiger partial charge in [0, 0.05) is 0 Å². The number of nitrogens with two attached hydrogens (primary N) is 1. The van der Waals surface area contributed by atoms with Crippen LogP contribution in [0, 0.1) is 13.8 Å². The molecule has 0 bridgehead atoms. The summed E-state index contributed by atoms with van der Waals surface area (Å²) in [5.74, 6) is 7.18. The van der Waals surface area contributed by atoms with E-state index in [0.717, 1.165) is 18.4 Å². The molecule has 1 aromatic heterocycles. The molecule has 0 radical (unpaired) electrons. The summed E-state index contributed by atoms with van der Waals surface area (Å²) in [6.07, 6.45) is 3.73. The van der Waals surface area contributed by atoms with Crippen molar-refractivity contribution in [1.29, 1.82) is 0 Å². The smallest absolute Gasteiger partial charge is 0.221 e. The molecule has 0 atom stereocenters. The Hall–Kier alpha value is -1.62. The summed E-state index contributed by atoms with van der Waals surface area (Å²) in [5, 5.41) is 0. The molecule has 1 rings (SSSR count). The molecule has 0 fully saturated rings. The first kappa shape index (κ1) is 12.4. The van der Waals surface area contributed by atoms with Crippen molar-refractivity contribution in [3.05, 3.63) is 24.0 Å². The summed E-state index contributed by atoms with van der Waals surface area (Å²) < 4.78 is 5.57. The Bertz CT molecular complexity index is 365. The average Bonchev–Trinajstić information content (AvgIpc) is 2.28. The summed E-state index contributed by atoms with van der Waals surface area (Å²) >= 11 is 0. The van der Waals surface area contributed by atoms with E-state index in [9.17, 15) is 0 Å². The van der Waals surface area contributed by atoms with E-state index in [-0.39, 0.29) is 0 Å². The lowest BCUT2D eigenvalue weighted by molar-refractivity contribution is 0.297. The Morgan fingerprint density at radius 3 is 2.81 bits per heavy atom. The predicted molar refractivity (Wildman–Crippen MR) is 64.2 cm³/mol. The lowest BCUT2D eigenvalue weighted by atomic mass is 10.3. The third-order valence-electron chi connectivity index (χ3n) is 2.14. The molecule has 0 aliphatic rings. The third-order valence-corrected chi connectivity index (χ3v) is 2.14. The molecule has 0 aromatic carbocycles. The first-order chi connectivity index (χ1) is 7.69. The third kappa shape index (κ3) is 3.20. The fourth-order valence-corrected chi connectivity index (χ4v) is 1.28. The summed E-state index contributed by atoms with van der Waals surface area (Å²) in [6, 6.07) is 0.